The van der Waals surface area contributed by atoms with Crippen LogP contribution in [-0.2, 0) is 6.54 Å². The molecule has 0 aliphatic carbocycles. The number of halogens is 1. The number of fused-ring (bicyclic) bond motifs is 1. The summed E-state index contributed by atoms with van der Waals surface area (Å²) in [6, 6.07) is 12.7. The van der Waals surface area contributed by atoms with Crippen molar-refractivity contribution in [3.63, 3.8) is 0 Å². The normalized spacial score (nSPS) is 18.0. The lowest BCUT2D eigenvalue weighted by Crippen LogP contribution is -2.23. The summed E-state index contributed by atoms with van der Waals surface area (Å²) in [4.78, 5) is 20.9. The number of hydrogen-bond donors (Lipinski definition) is 1. The molecule has 1 atom stereocenters. The van der Waals surface area contributed by atoms with E-state index in [1.807, 2.05) is 30.3 Å². The third kappa shape index (κ3) is 3.23. The molecule has 1 unspecified atom stereocenters. The minimum Gasteiger partial charge on any atom is -0.341 e. The topological polar surface area (TPSA) is 75.1 Å². The van der Waals surface area contributed by atoms with Crippen molar-refractivity contribution in [1.29, 1.82) is 0 Å². The highest BCUT2D eigenvalue weighted by molar-refractivity contribution is 6.31. The van der Waals surface area contributed by atoms with E-state index >= 15 is 0 Å². The number of benzene rings is 2. The van der Waals surface area contributed by atoms with Crippen LogP contribution in [-0.4, -0.2) is 26.3 Å². The van der Waals surface area contributed by atoms with E-state index in [0.717, 1.165) is 48.4 Å². The van der Waals surface area contributed by atoms with Crippen LogP contribution >= 0.6 is 11.6 Å². The molecular formula is C18H17ClN4O2. The summed E-state index contributed by atoms with van der Waals surface area (Å²) in [7, 11) is 0. The Labute approximate surface area is 149 Å². The zero-order chi connectivity index (χ0) is 17.4. The first kappa shape index (κ1) is 16.1. The number of nitro groups is 1. The van der Waals surface area contributed by atoms with Crippen LogP contribution in [0.1, 0.15) is 30.3 Å². The highest BCUT2D eigenvalue weighted by Gasteiger charge is 2.28. The zero-order valence-electron chi connectivity index (χ0n) is 13.5. The van der Waals surface area contributed by atoms with E-state index in [-0.39, 0.29) is 16.7 Å². The van der Waals surface area contributed by atoms with Crippen molar-refractivity contribution in [2.45, 2.75) is 25.4 Å². The Morgan fingerprint density at radius 3 is 2.84 bits per heavy atom. The van der Waals surface area contributed by atoms with Crippen molar-refractivity contribution in [3.8, 4) is 0 Å². The SMILES string of the molecule is O=[N+]([O-])c1ccc(CN2CCCC2c2nc3ccc(Cl)cc3[nH]2)cc1. The summed E-state index contributed by atoms with van der Waals surface area (Å²) in [6.07, 6.45) is 2.15. The Kier molecular flexibility index (Phi) is 4.15. The van der Waals surface area contributed by atoms with Gasteiger partial charge in [-0.3, -0.25) is 15.0 Å². The molecular weight excluding hydrogens is 340 g/mol. The highest BCUT2D eigenvalue weighted by Crippen LogP contribution is 2.33. The second-order valence-corrected chi connectivity index (χ2v) is 6.77. The van der Waals surface area contributed by atoms with Gasteiger partial charge in [0.25, 0.3) is 5.69 Å². The first-order valence-electron chi connectivity index (χ1n) is 8.23. The van der Waals surface area contributed by atoms with Crippen LogP contribution in [0, 0.1) is 10.1 Å². The molecule has 7 heteroatoms. The molecule has 0 radical (unpaired) electrons. The van der Waals surface area contributed by atoms with Gasteiger partial charge in [-0.15, -0.1) is 0 Å². The maximum atomic E-state index is 10.8. The van der Waals surface area contributed by atoms with Gasteiger partial charge < -0.3 is 4.98 Å². The molecule has 0 bridgehead atoms. The van der Waals surface area contributed by atoms with Gasteiger partial charge >= 0.3 is 0 Å². The molecule has 0 spiro atoms. The fourth-order valence-corrected chi connectivity index (χ4v) is 3.61. The van der Waals surface area contributed by atoms with Gasteiger partial charge in [0.15, 0.2) is 0 Å². The smallest absolute Gasteiger partial charge is 0.269 e. The number of non-ortho nitro benzene ring substituents is 1. The Bertz CT molecular complexity index is 922. The number of aromatic amines is 1. The van der Waals surface area contributed by atoms with Gasteiger partial charge in [-0.25, -0.2) is 4.98 Å². The highest BCUT2D eigenvalue weighted by atomic mass is 35.5. The van der Waals surface area contributed by atoms with Crippen molar-refractivity contribution in [3.05, 3.63) is 69.0 Å². The second kappa shape index (κ2) is 6.46. The van der Waals surface area contributed by atoms with Crippen molar-refractivity contribution in [2.24, 2.45) is 0 Å². The monoisotopic (exact) mass is 356 g/mol. The molecule has 1 aliphatic rings. The number of imidazole rings is 1. The number of hydrogen-bond acceptors (Lipinski definition) is 4. The van der Waals surface area contributed by atoms with E-state index in [0.29, 0.717) is 5.02 Å². The van der Waals surface area contributed by atoms with Gasteiger partial charge in [-0.05, 0) is 43.1 Å². The van der Waals surface area contributed by atoms with Crippen LogP contribution < -0.4 is 0 Å². The summed E-state index contributed by atoms with van der Waals surface area (Å²) in [5.74, 6) is 0.955. The fraction of sp³-hybridized carbons (Fsp3) is 0.278. The van der Waals surface area contributed by atoms with E-state index < -0.39 is 0 Å². The molecule has 1 N–H and O–H groups in total. The van der Waals surface area contributed by atoms with Gasteiger partial charge in [0.1, 0.15) is 5.82 Å². The van der Waals surface area contributed by atoms with Gasteiger partial charge in [0.2, 0.25) is 0 Å². The summed E-state index contributed by atoms with van der Waals surface area (Å²) >= 11 is 6.05. The van der Waals surface area contributed by atoms with E-state index in [2.05, 4.69) is 9.88 Å². The first-order chi connectivity index (χ1) is 12.1. The quantitative estimate of drug-likeness (QED) is 0.553. The molecule has 3 aromatic rings. The summed E-state index contributed by atoms with van der Waals surface area (Å²) in [5, 5.41) is 11.5. The molecule has 1 saturated heterocycles. The molecule has 4 rings (SSSR count). The van der Waals surface area contributed by atoms with Gasteiger partial charge in [-0.2, -0.15) is 0 Å². The van der Waals surface area contributed by atoms with Crippen LogP contribution in [0.4, 0.5) is 5.69 Å². The van der Waals surface area contributed by atoms with Gasteiger partial charge in [0, 0.05) is 23.7 Å². The average Bonchev–Trinajstić information content (AvgIpc) is 3.21. The van der Waals surface area contributed by atoms with E-state index in [4.69, 9.17) is 16.6 Å². The lowest BCUT2D eigenvalue weighted by Gasteiger charge is -2.22. The van der Waals surface area contributed by atoms with Crippen LogP contribution in [0.15, 0.2) is 42.5 Å². The Hall–Kier alpha value is -2.44. The molecule has 2 heterocycles. The predicted octanol–water partition coefficient (Wildman–Crippen LogP) is 4.46. The number of nitrogens with one attached hydrogen (secondary N) is 1. The lowest BCUT2D eigenvalue weighted by molar-refractivity contribution is -0.384. The standard InChI is InChI=1S/C18H17ClN4O2/c19-13-5-8-15-16(10-13)21-18(20-15)17-2-1-9-22(17)11-12-3-6-14(7-4-12)23(24)25/h3-8,10,17H,1-2,9,11H2,(H,20,21). The number of likely N-dealkylation sites (tertiary alicyclic amines) is 1. The maximum absolute atomic E-state index is 10.8. The first-order valence-corrected chi connectivity index (χ1v) is 8.60. The van der Waals surface area contributed by atoms with Crippen LogP contribution in [0.3, 0.4) is 0 Å². The van der Waals surface area contributed by atoms with E-state index in [1.54, 1.807) is 12.1 Å². The van der Waals surface area contributed by atoms with Crippen molar-refractivity contribution in [1.82, 2.24) is 14.9 Å². The number of aromatic nitrogens is 2. The number of nitro benzene ring substituents is 1. The van der Waals surface area contributed by atoms with Gasteiger partial charge in [0.05, 0.1) is 22.0 Å². The molecule has 0 saturated carbocycles. The summed E-state index contributed by atoms with van der Waals surface area (Å²) in [5.41, 5.74) is 3.05. The zero-order valence-corrected chi connectivity index (χ0v) is 14.2. The molecule has 1 aliphatic heterocycles. The minimum absolute atomic E-state index is 0.121. The van der Waals surface area contributed by atoms with E-state index in [9.17, 15) is 10.1 Å². The Morgan fingerprint density at radius 1 is 1.28 bits per heavy atom. The largest absolute Gasteiger partial charge is 0.341 e. The molecule has 128 valence electrons. The molecule has 2 aromatic carbocycles. The van der Waals surface area contributed by atoms with E-state index in [1.165, 1.54) is 0 Å². The van der Waals surface area contributed by atoms with Gasteiger partial charge in [-0.1, -0.05) is 23.7 Å². The minimum atomic E-state index is -0.373. The number of H-pyrrole nitrogens is 1. The molecule has 25 heavy (non-hydrogen) atoms. The van der Waals surface area contributed by atoms with Crippen molar-refractivity contribution < 1.29 is 4.92 Å². The third-order valence-electron chi connectivity index (χ3n) is 4.67. The average molecular weight is 357 g/mol. The molecule has 1 fully saturated rings. The predicted molar refractivity (Wildman–Crippen MR) is 96.6 cm³/mol. The number of nitrogens with zero attached hydrogens (tertiary/aromatic N) is 3. The third-order valence-corrected chi connectivity index (χ3v) is 4.91. The summed E-state index contributed by atoms with van der Waals surface area (Å²) < 4.78 is 0. The van der Waals surface area contributed by atoms with Crippen LogP contribution in [0.25, 0.3) is 11.0 Å². The fourth-order valence-electron chi connectivity index (χ4n) is 3.44. The van der Waals surface area contributed by atoms with Crippen LogP contribution in [0.2, 0.25) is 5.02 Å². The second-order valence-electron chi connectivity index (χ2n) is 6.34. The van der Waals surface area contributed by atoms with Crippen molar-refractivity contribution in [2.75, 3.05) is 6.54 Å². The van der Waals surface area contributed by atoms with Crippen molar-refractivity contribution >= 4 is 28.3 Å². The molecule has 1 aromatic heterocycles. The Morgan fingerprint density at radius 2 is 2.08 bits per heavy atom. The Balaban J connectivity index is 1.55. The number of rotatable bonds is 4. The molecule has 6 nitrogen and oxygen atoms in total. The lowest BCUT2D eigenvalue weighted by atomic mass is 10.1. The van der Waals surface area contributed by atoms with Crippen LogP contribution in [0.5, 0.6) is 0 Å². The molecule has 0 amide bonds. The summed E-state index contributed by atoms with van der Waals surface area (Å²) in [6.45, 7) is 1.74. The maximum Gasteiger partial charge on any atom is 0.269 e.